The molecule has 1 aromatic heterocycles. The van der Waals surface area contributed by atoms with Crippen LogP contribution < -0.4 is 4.74 Å². The fourth-order valence-corrected chi connectivity index (χ4v) is 5.17. The third kappa shape index (κ3) is 5.13. The van der Waals surface area contributed by atoms with E-state index in [9.17, 15) is 13.2 Å². The van der Waals surface area contributed by atoms with Crippen LogP contribution in [0.2, 0.25) is 0 Å². The fraction of sp³-hybridized carbons (Fsp3) is 0.421. The third-order valence-electron chi connectivity index (χ3n) is 4.42. The maximum atomic E-state index is 13.2. The molecule has 1 aliphatic heterocycles. The van der Waals surface area contributed by atoms with Crippen molar-refractivity contribution in [3.63, 3.8) is 0 Å². The molecular weight excluding hydrogens is 434 g/mol. The standard InChI is InChI=1S/C19H22BrNO5S/c1-2-9-25-16-5-3-4-14(11-16)19(22)21(12-17-6-7-18(20)26-17)15-8-10-27(23,24)13-15/h3-7,11,15H,2,8-10,12-13H2,1H3/t15-/m0/s1. The van der Waals surface area contributed by atoms with E-state index in [-0.39, 0.29) is 30.0 Å². The first kappa shape index (κ1) is 19.9. The highest BCUT2D eigenvalue weighted by Crippen LogP contribution is 2.25. The number of carbonyl (C=O) groups is 1. The van der Waals surface area contributed by atoms with Crippen LogP contribution >= 0.6 is 15.9 Å². The molecule has 0 radical (unpaired) electrons. The van der Waals surface area contributed by atoms with E-state index in [1.165, 1.54) is 0 Å². The minimum Gasteiger partial charge on any atom is -0.494 e. The Morgan fingerprint density at radius 2 is 2.15 bits per heavy atom. The third-order valence-corrected chi connectivity index (χ3v) is 6.60. The van der Waals surface area contributed by atoms with Gasteiger partial charge in [0.15, 0.2) is 14.5 Å². The molecule has 2 heterocycles. The van der Waals surface area contributed by atoms with Crippen LogP contribution in [-0.4, -0.2) is 43.4 Å². The van der Waals surface area contributed by atoms with Crippen molar-refractivity contribution < 1.29 is 22.4 Å². The summed E-state index contributed by atoms with van der Waals surface area (Å²) in [5, 5.41) is 0. The van der Waals surface area contributed by atoms with Crippen molar-refractivity contribution in [1.29, 1.82) is 0 Å². The monoisotopic (exact) mass is 455 g/mol. The number of benzene rings is 1. The lowest BCUT2D eigenvalue weighted by atomic mass is 10.1. The Labute approximate surface area is 167 Å². The van der Waals surface area contributed by atoms with Crippen molar-refractivity contribution in [1.82, 2.24) is 4.90 Å². The fourth-order valence-electron chi connectivity index (χ4n) is 3.10. The van der Waals surface area contributed by atoms with Gasteiger partial charge in [-0.15, -0.1) is 0 Å². The van der Waals surface area contributed by atoms with Gasteiger partial charge in [-0.25, -0.2) is 8.42 Å². The van der Waals surface area contributed by atoms with Gasteiger partial charge in [-0.2, -0.15) is 0 Å². The minimum absolute atomic E-state index is 0.0212. The van der Waals surface area contributed by atoms with Crippen LogP contribution in [0.25, 0.3) is 0 Å². The summed E-state index contributed by atoms with van der Waals surface area (Å²) in [7, 11) is -3.12. The number of ether oxygens (including phenoxy) is 1. The van der Waals surface area contributed by atoms with E-state index in [2.05, 4.69) is 15.9 Å². The molecule has 8 heteroatoms. The lowest BCUT2D eigenvalue weighted by Crippen LogP contribution is -2.40. The first-order valence-corrected chi connectivity index (χ1v) is 11.5. The van der Waals surface area contributed by atoms with Crippen molar-refractivity contribution in [2.45, 2.75) is 32.4 Å². The summed E-state index contributed by atoms with van der Waals surface area (Å²) in [5.74, 6) is 1.07. The van der Waals surface area contributed by atoms with E-state index in [4.69, 9.17) is 9.15 Å². The van der Waals surface area contributed by atoms with E-state index in [0.717, 1.165) is 6.42 Å². The van der Waals surface area contributed by atoms with E-state index in [1.807, 2.05) is 6.92 Å². The SMILES string of the molecule is CCCOc1cccc(C(=O)N(Cc2ccc(Br)o2)[C@H]2CCS(=O)(=O)C2)c1. The molecule has 0 aliphatic carbocycles. The van der Waals surface area contributed by atoms with Gasteiger partial charge in [0.25, 0.3) is 5.91 Å². The maximum absolute atomic E-state index is 13.2. The number of halogens is 1. The summed E-state index contributed by atoms with van der Waals surface area (Å²) < 4.78 is 35.6. The van der Waals surface area contributed by atoms with Crippen LogP contribution in [0.5, 0.6) is 5.75 Å². The molecule has 1 fully saturated rings. The van der Waals surface area contributed by atoms with E-state index in [1.54, 1.807) is 41.3 Å². The number of hydrogen-bond acceptors (Lipinski definition) is 5. The second-order valence-corrected chi connectivity index (χ2v) is 9.58. The summed E-state index contributed by atoms with van der Waals surface area (Å²) >= 11 is 3.26. The van der Waals surface area contributed by atoms with Crippen molar-refractivity contribution >= 4 is 31.7 Å². The summed E-state index contributed by atoms with van der Waals surface area (Å²) in [6.07, 6.45) is 1.31. The predicted molar refractivity (Wildman–Crippen MR) is 106 cm³/mol. The number of nitrogens with zero attached hydrogens (tertiary/aromatic N) is 1. The van der Waals surface area contributed by atoms with Gasteiger partial charge in [0, 0.05) is 11.6 Å². The smallest absolute Gasteiger partial charge is 0.254 e. The van der Waals surface area contributed by atoms with Gasteiger partial charge >= 0.3 is 0 Å². The number of amides is 1. The number of carbonyl (C=O) groups excluding carboxylic acids is 1. The molecule has 2 aromatic rings. The average Bonchev–Trinajstić information content (AvgIpc) is 3.22. The zero-order valence-corrected chi connectivity index (χ0v) is 17.5. The predicted octanol–water partition coefficient (Wildman–Crippen LogP) is 3.66. The van der Waals surface area contributed by atoms with E-state index >= 15 is 0 Å². The largest absolute Gasteiger partial charge is 0.494 e. The van der Waals surface area contributed by atoms with Crippen molar-refractivity contribution in [2.75, 3.05) is 18.1 Å². The van der Waals surface area contributed by atoms with Gasteiger partial charge in [-0.05, 0) is 59.1 Å². The van der Waals surface area contributed by atoms with E-state index < -0.39 is 9.84 Å². The Morgan fingerprint density at radius 1 is 1.33 bits per heavy atom. The second-order valence-electron chi connectivity index (χ2n) is 6.57. The number of rotatable bonds is 7. The Morgan fingerprint density at radius 3 is 2.78 bits per heavy atom. The Kier molecular flexibility index (Phi) is 6.26. The first-order chi connectivity index (χ1) is 12.9. The molecule has 1 atom stereocenters. The maximum Gasteiger partial charge on any atom is 0.254 e. The molecule has 27 heavy (non-hydrogen) atoms. The van der Waals surface area contributed by atoms with E-state index in [0.29, 0.717) is 34.8 Å². The lowest BCUT2D eigenvalue weighted by molar-refractivity contribution is 0.0665. The van der Waals surface area contributed by atoms with Crippen LogP contribution in [0.4, 0.5) is 0 Å². The Hall–Kier alpha value is -1.80. The molecule has 1 aliphatic rings. The highest BCUT2D eigenvalue weighted by Gasteiger charge is 2.35. The van der Waals surface area contributed by atoms with Crippen LogP contribution in [-0.2, 0) is 16.4 Å². The molecule has 1 saturated heterocycles. The molecular formula is C19H22BrNO5S. The summed E-state index contributed by atoms with van der Waals surface area (Å²) in [4.78, 5) is 14.8. The average molecular weight is 456 g/mol. The van der Waals surface area contributed by atoms with Gasteiger partial charge < -0.3 is 14.1 Å². The molecule has 0 saturated carbocycles. The van der Waals surface area contributed by atoms with Crippen LogP contribution in [0, 0.1) is 0 Å². The number of furan rings is 1. The van der Waals surface area contributed by atoms with Crippen LogP contribution in [0.15, 0.2) is 45.5 Å². The molecule has 0 unspecified atom stereocenters. The molecule has 1 aromatic carbocycles. The van der Waals surface area contributed by atoms with Gasteiger partial charge in [0.05, 0.1) is 24.7 Å². The lowest BCUT2D eigenvalue weighted by Gasteiger charge is -2.27. The van der Waals surface area contributed by atoms with Gasteiger partial charge in [0.1, 0.15) is 11.5 Å². The molecule has 0 N–H and O–H groups in total. The topological polar surface area (TPSA) is 76.8 Å². The molecule has 6 nitrogen and oxygen atoms in total. The highest BCUT2D eigenvalue weighted by atomic mass is 79.9. The minimum atomic E-state index is -3.12. The number of sulfone groups is 1. The number of hydrogen-bond donors (Lipinski definition) is 0. The van der Waals surface area contributed by atoms with Crippen LogP contribution in [0.1, 0.15) is 35.9 Å². The Bertz CT molecular complexity index is 908. The summed E-state index contributed by atoms with van der Waals surface area (Å²) in [6, 6.07) is 10.2. The van der Waals surface area contributed by atoms with Crippen molar-refractivity contribution in [3.05, 3.63) is 52.4 Å². The first-order valence-electron chi connectivity index (χ1n) is 8.86. The summed E-state index contributed by atoms with van der Waals surface area (Å²) in [5.41, 5.74) is 0.471. The van der Waals surface area contributed by atoms with Gasteiger partial charge in [-0.1, -0.05) is 13.0 Å². The van der Waals surface area contributed by atoms with Crippen LogP contribution in [0.3, 0.4) is 0 Å². The van der Waals surface area contributed by atoms with Gasteiger partial charge in [-0.3, -0.25) is 4.79 Å². The highest BCUT2D eigenvalue weighted by molar-refractivity contribution is 9.10. The second kappa shape index (κ2) is 8.48. The van der Waals surface area contributed by atoms with Gasteiger partial charge in [0.2, 0.25) is 0 Å². The quantitative estimate of drug-likeness (QED) is 0.636. The molecule has 0 spiro atoms. The molecule has 0 bridgehead atoms. The summed E-state index contributed by atoms with van der Waals surface area (Å²) in [6.45, 7) is 2.80. The zero-order valence-electron chi connectivity index (χ0n) is 15.1. The molecule has 1 amide bonds. The van der Waals surface area contributed by atoms with Crippen molar-refractivity contribution in [2.24, 2.45) is 0 Å². The normalized spacial score (nSPS) is 18.4. The molecule has 146 valence electrons. The zero-order chi connectivity index (χ0) is 19.4. The Balaban J connectivity index is 1.86. The van der Waals surface area contributed by atoms with Crippen molar-refractivity contribution in [3.8, 4) is 5.75 Å². The molecule has 3 rings (SSSR count).